The van der Waals surface area contributed by atoms with E-state index in [1.807, 2.05) is 5.38 Å². The maximum absolute atomic E-state index is 10.9. The molecule has 0 spiro atoms. The molecule has 0 bridgehead atoms. The van der Waals surface area contributed by atoms with Gasteiger partial charge in [0.25, 0.3) is 10.1 Å². The molecular formula is C8H5ClO3S2. The molecule has 0 aliphatic rings. The van der Waals surface area contributed by atoms with Crippen molar-refractivity contribution in [1.29, 1.82) is 0 Å². The highest BCUT2D eigenvalue weighted by Crippen LogP contribution is 2.29. The number of benzene rings is 1. The zero-order valence-electron chi connectivity index (χ0n) is 6.77. The maximum atomic E-state index is 10.9. The lowest BCUT2D eigenvalue weighted by Crippen LogP contribution is -1.98. The van der Waals surface area contributed by atoms with Crippen LogP contribution in [0.15, 0.2) is 27.8 Å². The number of fused-ring (bicyclic) bond motifs is 1. The monoisotopic (exact) mass is 248 g/mol. The van der Waals surface area contributed by atoms with E-state index in [0.717, 1.165) is 10.8 Å². The van der Waals surface area contributed by atoms with Crippen molar-refractivity contribution in [2.75, 3.05) is 0 Å². The predicted molar refractivity (Wildman–Crippen MR) is 56.6 cm³/mol. The lowest BCUT2D eigenvalue weighted by Gasteiger charge is -2.00. The Kier molecular flexibility index (Phi) is 2.27. The van der Waals surface area contributed by atoms with Crippen LogP contribution in [0.4, 0.5) is 0 Å². The Hall–Kier alpha value is -0.620. The summed E-state index contributed by atoms with van der Waals surface area (Å²) in [6.45, 7) is 0. The zero-order valence-corrected chi connectivity index (χ0v) is 9.16. The molecule has 14 heavy (non-hydrogen) atoms. The summed E-state index contributed by atoms with van der Waals surface area (Å²) in [4.78, 5) is -0.245. The van der Waals surface area contributed by atoms with Crippen LogP contribution in [0.3, 0.4) is 0 Å². The summed E-state index contributed by atoms with van der Waals surface area (Å²) >= 11 is 7.16. The average molecular weight is 249 g/mol. The molecule has 0 aliphatic heterocycles. The van der Waals surface area contributed by atoms with Gasteiger partial charge in [-0.2, -0.15) is 19.8 Å². The number of hydrogen-bond acceptors (Lipinski definition) is 3. The number of hydrogen-bond donors (Lipinski definition) is 1. The van der Waals surface area contributed by atoms with Crippen LogP contribution in [-0.2, 0) is 10.1 Å². The standard InChI is InChI=1S/C8H5ClO3S2/c9-7-1-5-3-13-4-6(5)2-8(7)14(10,11)12/h1-4H,(H,10,11,12). The van der Waals surface area contributed by atoms with Crippen LogP contribution < -0.4 is 0 Å². The first kappa shape index (κ1) is 9.92. The highest BCUT2D eigenvalue weighted by atomic mass is 35.5. The summed E-state index contributed by atoms with van der Waals surface area (Å²) in [6.07, 6.45) is 0. The molecule has 1 aromatic carbocycles. The number of thiophene rings is 1. The molecule has 0 radical (unpaired) electrons. The summed E-state index contributed by atoms with van der Waals surface area (Å²) in [6, 6.07) is 2.89. The smallest absolute Gasteiger partial charge is 0.282 e. The van der Waals surface area contributed by atoms with Crippen molar-refractivity contribution in [3.63, 3.8) is 0 Å². The van der Waals surface area contributed by atoms with E-state index < -0.39 is 10.1 Å². The van der Waals surface area contributed by atoms with Crippen LogP contribution in [0.5, 0.6) is 0 Å². The van der Waals surface area contributed by atoms with E-state index in [2.05, 4.69) is 0 Å². The Bertz CT molecular complexity index is 586. The summed E-state index contributed by atoms with van der Waals surface area (Å²) < 4.78 is 30.6. The average Bonchev–Trinajstić information content (AvgIpc) is 2.47. The Morgan fingerprint density at radius 2 is 1.79 bits per heavy atom. The SMILES string of the molecule is O=S(=O)(O)c1cc2cscc2cc1Cl. The Labute approximate surface area is 89.7 Å². The van der Waals surface area contributed by atoms with Crippen LogP contribution >= 0.6 is 22.9 Å². The van der Waals surface area contributed by atoms with Gasteiger partial charge in [-0.05, 0) is 33.7 Å². The summed E-state index contributed by atoms with van der Waals surface area (Å²) in [7, 11) is -4.23. The molecule has 0 saturated carbocycles. The van der Waals surface area contributed by atoms with Crippen LogP contribution in [0.1, 0.15) is 0 Å². The van der Waals surface area contributed by atoms with E-state index in [0.29, 0.717) is 0 Å². The van der Waals surface area contributed by atoms with Crippen LogP contribution in [0.2, 0.25) is 5.02 Å². The van der Waals surface area contributed by atoms with Crippen molar-refractivity contribution >= 4 is 43.8 Å². The van der Waals surface area contributed by atoms with Crippen molar-refractivity contribution in [3.8, 4) is 0 Å². The molecule has 0 saturated heterocycles. The third kappa shape index (κ3) is 1.64. The van der Waals surface area contributed by atoms with E-state index in [1.54, 1.807) is 5.38 Å². The quantitative estimate of drug-likeness (QED) is 0.790. The van der Waals surface area contributed by atoms with Gasteiger partial charge in [-0.3, -0.25) is 4.55 Å². The largest absolute Gasteiger partial charge is 0.296 e. The van der Waals surface area contributed by atoms with Crippen LogP contribution in [0, 0.1) is 0 Å². The second-order valence-corrected chi connectivity index (χ2v) is 5.30. The third-order valence-electron chi connectivity index (χ3n) is 1.81. The van der Waals surface area contributed by atoms with E-state index in [1.165, 1.54) is 23.5 Å². The van der Waals surface area contributed by atoms with Gasteiger partial charge in [0.05, 0.1) is 5.02 Å². The fraction of sp³-hybridized carbons (Fsp3) is 0. The normalized spacial score (nSPS) is 12.1. The number of rotatable bonds is 1. The summed E-state index contributed by atoms with van der Waals surface area (Å²) in [5.74, 6) is 0. The molecule has 1 aromatic heterocycles. The van der Waals surface area contributed by atoms with Crippen molar-refractivity contribution in [2.24, 2.45) is 0 Å². The van der Waals surface area contributed by atoms with Gasteiger partial charge in [-0.1, -0.05) is 11.6 Å². The minimum absolute atomic E-state index is 0.0402. The summed E-state index contributed by atoms with van der Waals surface area (Å²) in [5.41, 5.74) is 0. The fourth-order valence-corrected chi connectivity index (χ4v) is 2.98. The fourth-order valence-electron chi connectivity index (χ4n) is 1.17. The Balaban J connectivity index is 2.84. The maximum Gasteiger partial charge on any atom is 0.296 e. The van der Waals surface area contributed by atoms with Gasteiger partial charge < -0.3 is 0 Å². The summed E-state index contributed by atoms with van der Waals surface area (Å²) in [5, 5.41) is 5.31. The highest BCUT2D eigenvalue weighted by Gasteiger charge is 2.15. The van der Waals surface area contributed by atoms with E-state index in [9.17, 15) is 8.42 Å². The molecule has 6 heteroatoms. The molecule has 1 N–H and O–H groups in total. The second kappa shape index (κ2) is 3.20. The Morgan fingerprint density at radius 1 is 1.21 bits per heavy atom. The van der Waals surface area contributed by atoms with Gasteiger partial charge in [0, 0.05) is 0 Å². The van der Waals surface area contributed by atoms with Crippen LogP contribution in [-0.4, -0.2) is 13.0 Å². The van der Waals surface area contributed by atoms with E-state index >= 15 is 0 Å². The molecule has 0 atom stereocenters. The van der Waals surface area contributed by atoms with E-state index in [-0.39, 0.29) is 9.92 Å². The van der Waals surface area contributed by atoms with Crippen LogP contribution in [0.25, 0.3) is 10.8 Å². The first-order valence-electron chi connectivity index (χ1n) is 3.61. The molecule has 0 amide bonds. The van der Waals surface area contributed by atoms with Crippen molar-refractivity contribution < 1.29 is 13.0 Å². The first-order chi connectivity index (χ1) is 6.48. The molecule has 1 heterocycles. The second-order valence-electron chi connectivity index (χ2n) is 2.76. The molecular weight excluding hydrogens is 244 g/mol. The van der Waals surface area contributed by atoms with Gasteiger partial charge in [-0.25, -0.2) is 0 Å². The molecule has 2 rings (SSSR count). The molecule has 74 valence electrons. The molecule has 2 aromatic rings. The minimum atomic E-state index is -4.23. The third-order valence-corrected chi connectivity index (χ3v) is 3.90. The van der Waals surface area contributed by atoms with Gasteiger partial charge in [0.2, 0.25) is 0 Å². The van der Waals surface area contributed by atoms with Gasteiger partial charge in [0.15, 0.2) is 0 Å². The first-order valence-corrected chi connectivity index (χ1v) is 6.37. The van der Waals surface area contributed by atoms with Gasteiger partial charge in [-0.15, -0.1) is 0 Å². The lowest BCUT2D eigenvalue weighted by molar-refractivity contribution is 0.483. The zero-order chi connectivity index (χ0) is 10.3. The lowest BCUT2D eigenvalue weighted by atomic mass is 10.2. The number of halogens is 1. The minimum Gasteiger partial charge on any atom is -0.282 e. The molecule has 0 fully saturated rings. The highest BCUT2D eigenvalue weighted by molar-refractivity contribution is 7.86. The van der Waals surface area contributed by atoms with Gasteiger partial charge in [0.1, 0.15) is 4.90 Å². The van der Waals surface area contributed by atoms with Crippen molar-refractivity contribution in [1.82, 2.24) is 0 Å². The van der Waals surface area contributed by atoms with Crippen molar-refractivity contribution in [3.05, 3.63) is 27.9 Å². The predicted octanol–water partition coefficient (Wildman–Crippen LogP) is 2.80. The topological polar surface area (TPSA) is 54.4 Å². The molecule has 3 nitrogen and oxygen atoms in total. The van der Waals surface area contributed by atoms with E-state index in [4.69, 9.17) is 16.2 Å². The Morgan fingerprint density at radius 3 is 2.36 bits per heavy atom. The molecule has 0 aliphatic carbocycles. The van der Waals surface area contributed by atoms with Gasteiger partial charge >= 0.3 is 0 Å². The van der Waals surface area contributed by atoms with Crippen molar-refractivity contribution in [2.45, 2.75) is 4.90 Å². The molecule has 0 unspecified atom stereocenters.